The van der Waals surface area contributed by atoms with Gasteiger partial charge >= 0.3 is 0 Å². The lowest BCUT2D eigenvalue weighted by atomic mass is 10.0. The average Bonchev–Trinajstić information content (AvgIpc) is 2.82. The fourth-order valence-electron chi connectivity index (χ4n) is 3.37. The second kappa shape index (κ2) is 10.5. The highest BCUT2D eigenvalue weighted by atomic mass is 35.5. The second-order valence-electron chi connectivity index (χ2n) is 7.40. The molecule has 8 heteroatoms. The first-order valence-electron chi connectivity index (χ1n) is 10.5. The summed E-state index contributed by atoms with van der Waals surface area (Å²) in [5.41, 5.74) is 3.37. The van der Waals surface area contributed by atoms with E-state index in [4.69, 9.17) is 26.3 Å². The third-order valence-electron chi connectivity index (χ3n) is 4.96. The highest BCUT2D eigenvalue weighted by Crippen LogP contribution is 2.35. The van der Waals surface area contributed by atoms with Crippen molar-refractivity contribution in [3.63, 3.8) is 0 Å². The van der Waals surface area contributed by atoms with Gasteiger partial charge in [0.1, 0.15) is 17.5 Å². The lowest BCUT2D eigenvalue weighted by Crippen LogP contribution is -2.08. The zero-order chi connectivity index (χ0) is 23.2. The van der Waals surface area contributed by atoms with Crippen LogP contribution in [0, 0.1) is 12.7 Å². The normalized spacial score (nSPS) is 10.9. The molecule has 6 nitrogen and oxygen atoms in total. The van der Waals surface area contributed by atoms with Gasteiger partial charge in [-0.15, -0.1) is 0 Å². The maximum absolute atomic E-state index is 13.7. The predicted octanol–water partition coefficient (Wildman–Crippen LogP) is 5.82. The summed E-state index contributed by atoms with van der Waals surface area (Å²) in [5.74, 6) is 1.40. The Morgan fingerprint density at radius 3 is 2.58 bits per heavy atom. The summed E-state index contributed by atoms with van der Waals surface area (Å²) >= 11 is 6.38. The molecule has 33 heavy (non-hydrogen) atoms. The molecule has 0 aliphatic heterocycles. The summed E-state index contributed by atoms with van der Waals surface area (Å²) in [6, 6.07) is 15.8. The van der Waals surface area contributed by atoms with E-state index in [0.717, 1.165) is 12.0 Å². The summed E-state index contributed by atoms with van der Waals surface area (Å²) < 4.78 is 18.8. The average molecular weight is 464 g/mol. The van der Waals surface area contributed by atoms with E-state index < -0.39 is 5.82 Å². The van der Waals surface area contributed by atoms with Crippen molar-refractivity contribution in [2.45, 2.75) is 13.3 Å². The van der Waals surface area contributed by atoms with Crippen LogP contribution in [0.4, 0.5) is 10.2 Å². The number of ether oxygens (including phenoxy) is 1. The monoisotopic (exact) mass is 463 g/mol. The van der Waals surface area contributed by atoms with Gasteiger partial charge in [-0.2, -0.15) is 0 Å². The van der Waals surface area contributed by atoms with Crippen LogP contribution < -0.4 is 5.32 Å². The van der Waals surface area contributed by atoms with E-state index in [1.54, 1.807) is 26.3 Å². The highest BCUT2D eigenvalue weighted by molar-refractivity contribution is 6.33. The molecule has 2 aromatic carbocycles. The van der Waals surface area contributed by atoms with Crippen LogP contribution >= 0.6 is 11.6 Å². The van der Waals surface area contributed by atoms with Crippen molar-refractivity contribution >= 4 is 17.4 Å². The number of anilines is 1. The molecule has 1 N–H and O–H groups in total. The van der Waals surface area contributed by atoms with Crippen molar-refractivity contribution in [3.05, 3.63) is 77.5 Å². The van der Waals surface area contributed by atoms with Gasteiger partial charge in [-0.1, -0.05) is 41.9 Å². The van der Waals surface area contributed by atoms with Crippen molar-refractivity contribution in [3.8, 4) is 33.9 Å². The SMILES string of the molecule is COCCCNc1cc(-c2cnc(C)nc2-c2ccc(F)cc2Cl)nc(-c2ccccc2)n1. The second-order valence-corrected chi connectivity index (χ2v) is 7.81. The number of rotatable bonds is 8. The Labute approximate surface area is 196 Å². The van der Waals surface area contributed by atoms with Crippen molar-refractivity contribution in [1.82, 2.24) is 19.9 Å². The minimum atomic E-state index is -0.410. The minimum Gasteiger partial charge on any atom is -0.385 e. The highest BCUT2D eigenvalue weighted by Gasteiger charge is 2.17. The van der Waals surface area contributed by atoms with E-state index in [1.807, 2.05) is 36.4 Å². The molecule has 0 saturated carbocycles. The zero-order valence-corrected chi connectivity index (χ0v) is 19.1. The molecule has 0 radical (unpaired) electrons. The summed E-state index contributed by atoms with van der Waals surface area (Å²) in [6.07, 6.45) is 2.55. The molecule has 0 saturated heterocycles. The lowest BCUT2D eigenvalue weighted by molar-refractivity contribution is 0.198. The van der Waals surface area contributed by atoms with E-state index >= 15 is 0 Å². The quantitative estimate of drug-likeness (QED) is 0.332. The Balaban J connectivity index is 1.84. The number of benzene rings is 2. The van der Waals surface area contributed by atoms with E-state index in [1.165, 1.54) is 12.1 Å². The number of hydrogen-bond acceptors (Lipinski definition) is 6. The number of aromatic nitrogens is 4. The molecule has 0 spiro atoms. The molecule has 0 atom stereocenters. The van der Waals surface area contributed by atoms with E-state index in [-0.39, 0.29) is 5.02 Å². The van der Waals surface area contributed by atoms with Gasteiger partial charge < -0.3 is 10.1 Å². The van der Waals surface area contributed by atoms with Gasteiger partial charge in [0.25, 0.3) is 0 Å². The van der Waals surface area contributed by atoms with E-state index in [0.29, 0.717) is 53.1 Å². The molecule has 4 rings (SSSR count). The molecular weight excluding hydrogens is 441 g/mol. The Bertz CT molecular complexity index is 1250. The van der Waals surface area contributed by atoms with Crippen LogP contribution in [-0.2, 0) is 4.74 Å². The van der Waals surface area contributed by atoms with Crippen molar-refractivity contribution in [2.75, 3.05) is 25.6 Å². The van der Waals surface area contributed by atoms with Gasteiger partial charge in [0.2, 0.25) is 0 Å². The van der Waals surface area contributed by atoms with E-state index in [2.05, 4.69) is 15.3 Å². The van der Waals surface area contributed by atoms with Gasteiger partial charge in [-0.25, -0.2) is 24.3 Å². The molecule has 4 aromatic rings. The van der Waals surface area contributed by atoms with Crippen LogP contribution in [0.1, 0.15) is 12.2 Å². The molecule has 0 aliphatic carbocycles. The predicted molar refractivity (Wildman–Crippen MR) is 129 cm³/mol. The topological polar surface area (TPSA) is 72.8 Å². The smallest absolute Gasteiger partial charge is 0.162 e. The van der Waals surface area contributed by atoms with Crippen molar-refractivity contribution < 1.29 is 9.13 Å². The minimum absolute atomic E-state index is 0.268. The Kier molecular flexibility index (Phi) is 7.22. The number of hydrogen-bond donors (Lipinski definition) is 1. The summed E-state index contributed by atoms with van der Waals surface area (Å²) in [5, 5.41) is 3.61. The molecule has 0 bridgehead atoms. The molecule has 168 valence electrons. The first-order chi connectivity index (χ1) is 16.0. The maximum atomic E-state index is 13.7. The fourth-order valence-corrected chi connectivity index (χ4v) is 3.63. The molecule has 2 heterocycles. The number of halogens is 2. The maximum Gasteiger partial charge on any atom is 0.162 e. The van der Waals surface area contributed by atoms with Gasteiger partial charge in [-0.05, 0) is 31.5 Å². The molecule has 0 fully saturated rings. The first-order valence-corrected chi connectivity index (χ1v) is 10.9. The standard InChI is InChI=1S/C25H23ClFN5O/c1-16-29-15-20(24(30-16)19-10-9-18(27)13-21(19)26)22-14-23(28-11-6-12-33-2)32-25(31-22)17-7-4-3-5-8-17/h3-5,7-10,13-15H,6,11-12H2,1-2H3,(H,28,31,32). The van der Waals surface area contributed by atoms with Crippen LogP contribution in [0.25, 0.3) is 33.9 Å². The summed E-state index contributed by atoms with van der Waals surface area (Å²) in [7, 11) is 1.68. The number of nitrogens with zero attached hydrogens (tertiary/aromatic N) is 4. The third-order valence-corrected chi connectivity index (χ3v) is 5.27. The van der Waals surface area contributed by atoms with Crippen molar-refractivity contribution in [2.24, 2.45) is 0 Å². The first kappa shape index (κ1) is 22.8. The molecule has 2 aromatic heterocycles. The third kappa shape index (κ3) is 5.50. The number of nitrogens with one attached hydrogen (secondary N) is 1. The Morgan fingerprint density at radius 2 is 1.82 bits per heavy atom. The van der Waals surface area contributed by atoms with Crippen LogP contribution in [0.3, 0.4) is 0 Å². The van der Waals surface area contributed by atoms with Crippen LogP contribution in [0.5, 0.6) is 0 Å². The van der Waals surface area contributed by atoms with Gasteiger partial charge in [-0.3, -0.25) is 0 Å². The molecule has 0 unspecified atom stereocenters. The molecule has 0 amide bonds. The summed E-state index contributed by atoms with van der Waals surface area (Å²) in [4.78, 5) is 18.5. The van der Waals surface area contributed by atoms with E-state index in [9.17, 15) is 4.39 Å². The van der Waals surface area contributed by atoms with Gasteiger partial charge in [0, 0.05) is 49.2 Å². The van der Waals surface area contributed by atoms with Gasteiger partial charge in [0.15, 0.2) is 5.82 Å². The van der Waals surface area contributed by atoms with Crippen LogP contribution in [-0.4, -0.2) is 40.2 Å². The fraction of sp³-hybridized carbons (Fsp3) is 0.200. The number of aryl methyl sites for hydroxylation is 1. The summed E-state index contributed by atoms with van der Waals surface area (Å²) in [6.45, 7) is 3.14. The van der Waals surface area contributed by atoms with Crippen molar-refractivity contribution in [1.29, 1.82) is 0 Å². The zero-order valence-electron chi connectivity index (χ0n) is 18.3. The molecular formula is C25H23ClFN5O. The van der Waals surface area contributed by atoms with Gasteiger partial charge in [0.05, 0.1) is 16.4 Å². The Hall–Kier alpha value is -3.42. The van der Waals surface area contributed by atoms with Crippen LogP contribution in [0.15, 0.2) is 60.8 Å². The molecule has 0 aliphatic rings. The Morgan fingerprint density at radius 1 is 1.00 bits per heavy atom. The van der Waals surface area contributed by atoms with Crippen LogP contribution in [0.2, 0.25) is 5.02 Å². The largest absolute Gasteiger partial charge is 0.385 e. The number of methoxy groups -OCH3 is 1. The lowest BCUT2D eigenvalue weighted by Gasteiger charge is -2.14.